The number of rotatable bonds is 6. The van der Waals surface area contributed by atoms with E-state index in [9.17, 15) is 14.4 Å². The number of amides is 3. The number of hydrogen-bond acceptors (Lipinski definition) is 5. The summed E-state index contributed by atoms with van der Waals surface area (Å²) in [7, 11) is 3.19. The SMILES string of the molecule is COc1cc2c(cc1OC)[C@H](c1ccccc1)N(C(=O)c1cc(NC(C)=O)cc(NC(C)=O)c1)CC2. The Morgan fingerprint density at radius 3 is 1.97 bits per heavy atom. The van der Waals surface area contributed by atoms with Crippen molar-refractivity contribution in [3.05, 3.63) is 82.9 Å². The Morgan fingerprint density at radius 1 is 0.833 bits per heavy atom. The molecule has 0 radical (unpaired) electrons. The minimum atomic E-state index is -0.365. The molecule has 8 nitrogen and oxygen atoms in total. The van der Waals surface area contributed by atoms with Crippen molar-refractivity contribution in [1.82, 2.24) is 4.90 Å². The number of hydrogen-bond donors (Lipinski definition) is 2. The summed E-state index contributed by atoms with van der Waals surface area (Å²) in [5.41, 5.74) is 4.21. The van der Waals surface area contributed by atoms with E-state index in [1.54, 1.807) is 32.4 Å². The fraction of sp³-hybridized carbons (Fsp3) is 0.250. The molecule has 3 amide bonds. The number of fused-ring (bicyclic) bond motifs is 1. The molecule has 1 aliphatic heterocycles. The minimum Gasteiger partial charge on any atom is -0.493 e. The van der Waals surface area contributed by atoms with Crippen molar-refractivity contribution in [3.63, 3.8) is 0 Å². The molecule has 0 fully saturated rings. The molecule has 2 N–H and O–H groups in total. The van der Waals surface area contributed by atoms with Gasteiger partial charge in [0.1, 0.15) is 0 Å². The normalized spacial score (nSPS) is 14.4. The summed E-state index contributed by atoms with van der Waals surface area (Å²) in [6.07, 6.45) is 0.634. The number of carbonyl (C=O) groups is 3. The second-order valence-corrected chi connectivity index (χ2v) is 8.63. The molecule has 1 atom stereocenters. The Morgan fingerprint density at radius 2 is 1.42 bits per heavy atom. The molecular formula is C28H29N3O5. The van der Waals surface area contributed by atoms with Crippen molar-refractivity contribution >= 4 is 29.1 Å². The van der Waals surface area contributed by atoms with Gasteiger partial charge in [0.15, 0.2) is 11.5 Å². The van der Waals surface area contributed by atoms with Crippen molar-refractivity contribution in [2.75, 3.05) is 31.4 Å². The quantitative estimate of drug-likeness (QED) is 0.537. The van der Waals surface area contributed by atoms with Crippen LogP contribution < -0.4 is 20.1 Å². The Bertz CT molecular complexity index is 1270. The zero-order chi connectivity index (χ0) is 25.8. The van der Waals surface area contributed by atoms with Gasteiger partial charge in [-0.3, -0.25) is 14.4 Å². The van der Waals surface area contributed by atoms with E-state index in [0.717, 1.165) is 16.7 Å². The van der Waals surface area contributed by atoms with Gasteiger partial charge in [0.05, 0.1) is 20.3 Å². The maximum atomic E-state index is 14.0. The number of methoxy groups -OCH3 is 2. The van der Waals surface area contributed by atoms with Gasteiger partial charge in [0.25, 0.3) is 5.91 Å². The Hall–Kier alpha value is -4.33. The van der Waals surface area contributed by atoms with E-state index >= 15 is 0 Å². The molecule has 0 spiro atoms. The molecule has 8 heteroatoms. The first-order valence-electron chi connectivity index (χ1n) is 11.6. The molecule has 0 saturated carbocycles. The van der Waals surface area contributed by atoms with Crippen LogP contribution in [0.15, 0.2) is 60.7 Å². The van der Waals surface area contributed by atoms with Crippen LogP contribution in [0.4, 0.5) is 11.4 Å². The zero-order valence-electron chi connectivity index (χ0n) is 20.8. The number of benzene rings is 3. The lowest BCUT2D eigenvalue weighted by Crippen LogP contribution is -2.40. The van der Waals surface area contributed by atoms with Gasteiger partial charge in [-0.15, -0.1) is 0 Å². The highest BCUT2D eigenvalue weighted by atomic mass is 16.5. The highest BCUT2D eigenvalue weighted by molar-refractivity contribution is 6.00. The third kappa shape index (κ3) is 5.17. The van der Waals surface area contributed by atoms with Gasteiger partial charge in [0.2, 0.25) is 11.8 Å². The van der Waals surface area contributed by atoms with E-state index in [4.69, 9.17) is 9.47 Å². The molecule has 1 aliphatic rings. The molecule has 186 valence electrons. The van der Waals surface area contributed by atoms with Gasteiger partial charge >= 0.3 is 0 Å². The van der Waals surface area contributed by atoms with Crippen molar-refractivity contribution in [3.8, 4) is 11.5 Å². The highest BCUT2D eigenvalue weighted by Crippen LogP contribution is 2.41. The predicted molar refractivity (Wildman–Crippen MR) is 138 cm³/mol. The monoisotopic (exact) mass is 487 g/mol. The predicted octanol–water partition coefficient (Wildman–Crippen LogP) is 4.41. The summed E-state index contributed by atoms with van der Waals surface area (Å²) in [6.45, 7) is 3.25. The first-order chi connectivity index (χ1) is 17.3. The fourth-order valence-corrected chi connectivity index (χ4v) is 4.63. The second-order valence-electron chi connectivity index (χ2n) is 8.63. The summed E-state index contributed by atoms with van der Waals surface area (Å²) in [5, 5.41) is 5.42. The Labute approximate surface area is 210 Å². The van der Waals surface area contributed by atoms with E-state index in [1.807, 2.05) is 47.4 Å². The third-order valence-corrected chi connectivity index (χ3v) is 6.07. The van der Waals surface area contributed by atoms with E-state index in [-0.39, 0.29) is 23.8 Å². The highest BCUT2D eigenvalue weighted by Gasteiger charge is 2.34. The number of carbonyl (C=O) groups excluding carboxylic acids is 3. The fourth-order valence-electron chi connectivity index (χ4n) is 4.63. The summed E-state index contributed by atoms with van der Waals surface area (Å²) in [4.78, 5) is 39.2. The lowest BCUT2D eigenvalue weighted by Gasteiger charge is -2.38. The number of nitrogens with zero attached hydrogens (tertiary/aromatic N) is 1. The lowest BCUT2D eigenvalue weighted by molar-refractivity contribution is -0.115. The van der Waals surface area contributed by atoms with Crippen LogP contribution in [-0.2, 0) is 16.0 Å². The van der Waals surface area contributed by atoms with E-state index in [1.165, 1.54) is 13.8 Å². The van der Waals surface area contributed by atoms with Crippen LogP contribution >= 0.6 is 0 Å². The van der Waals surface area contributed by atoms with E-state index < -0.39 is 0 Å². The van der Waals surface area contributed by atoms with Crippen molar-refractivity contribution in [2.24, 2.45) is 0 Å². The Balaban J connectivity index is 1.82. The number of nitrogens with one attached hydrogen (secondary N) is 2. The lowest BCUT2D eigenvalue weighted by atomic mass is 9.87. The van der Waals surface area contributed by atoms with Gasteiger partial charge in [0, 0.05) is 37.3 Å². The van der Waals surface area contributed by atoms with Crippen LogP contribution in [0, 0.1) is 0 Å². The van der Waals surface area contributed by atoms with Crippen LogP contribution in [0.5, 0.6) is 11.5 Å². The van der Waals surface area contributed by atoms with Crippen molar-refractivity contribution < 1.29 is 23.9 Å². The van der Waals surface area contributed by atoms with Crippen LogP contribution in [0.25, 0.3) is 0 Å². The molecular weight excluding hydrogens is 458 g/mol. The maximum absolute atomic E-state index is 14.0. The maximum Gasteiger partial charge on any atom is 0.254 e. The number of ether oxygens (including phenoxy) is 2. The molecule has 0 bridgehead atoms. The van der Waals surface area contributed by atoms with Gasteiger partial charge in [-0.25, -0.2) is 0 Å². The molecule has 0 unspecified atom stereocenters. The van der Waals surface area contributed by atoms with E-state index in [0.29, 0.717) is 41.4 Å². The third-order valence-electron chi connectivity index (χ3n) is 6.07. The summed E-state index contributed by atoms with van der Waals surface area (Å²) in [6, 6.07) is 18.2. The molecule has 3 aromatic rings. The summed E-state index contributed by atoms with van der Waals surface area (Å²) < 4.78 is 11.1. The topological polar surface area (TPSA) is 97.0 Å². The first-order valence-corrected chi connectivity index (χ1v) is 11.6. The van der Waals surface area contributed by atoms with Gasteiger partial charge < -0.3 is 25.0 Å². The Kier molecular flexibility index (Phi) is 7.24. The van der Waals surface area contributed by atoms with Crippen LogP contribution in [0.3, 0.4) is 0 Å². The first kappa shape index (κ1) is 24.8. The van der Waals surface area contributed by atoms with Crippen LogP contribution in [0.1, 0.15) is 46.9 Å². The largest absolute Gasteiger partial charge is 0.493 e. The number of anilines is 2. The summed E-state index contributed by atoms with van der Waals surface area (Å²) >= 11 is 0. The van der Waals surface area contributed by atoms with Crippen molar-refractivity contribution in [1.29, 1.82) is 0 Å². The van der Waals surface area contributed by atoms with Crippen LogP contribution in [-0.4, -0.2) is 43.4 Å². The minimum absolute atomic E-state index is 0.219. The summed E-state index contributed by atoms with van der Waals surface area (Å²) in [5.74, 6) is 0.466. The zero-order valence-corrected chi connectivity index (χ0v) is 20.8. The molecule has 0 saturated heterocycles. The van der Waals surface area contributed by atoms with Crippen LogP contribution in [0.2, 0.25) is 0 Å². The van der Waals surface area contributed by atoms with E-state index in [2.05, 4.69) is 10.6 Å². The molecule has 1 heterocycles. The molecule has 0 aliphatic carbocycles. The van der Waals surface area contributed by atoms with Crippen molar-refractivity contribution in [2.45, 2.75) is 26.3 Å². The molecule has 0 aromatic heterocycles. The van der Waals surface area contributed by atoms with Gasteiger partial charge in [-0.2, -0.15) is 0 Å². The standard InChI is InChI=1S/C28H29N3O5/c1-17(32)29-22-12-21(13-23(15-22)30-18(2)33)28(34)31-11-10-20-14-25(35-3)26(36-4)16-24(20)27(31)19-8-6-5-7-9-19/h5-9,12-16,27H,10-11H2,1-4H3,(H,29,32)(H,30,33)/t27-/m0/s1. The van der Waals surface area contributed by atoms with Gasteiger partial charge in [-0.05, 0) is 53.4 Å². The average molecular weight is 488 g/mol. The smallest absolute Gasteiger partial charge is 0.254 e. The molecule has 3 aromatic carbocycles. The van der Waals surface area contributed by atoms with Gasteiger partial charge in [-0.1, -0.05) is 30.3 Å². The average Bonchev–Trinajstić information content (AvgIpc) is 2.86. The molecule has 4 rings (SSSR count). The molecule has 36 heavy (non-hydrogen) atoms. The second kappa shape index (κ2) is 10.5.